The molecule has 10 aromatic rings. The molecule has 0 N–H and O–H groups in total. The van der Waals surface area contributed by atoms with Crippen molar-refractivity contribution in [1.82, 2.24) is 0 Å². The molecule has 0 spiro atoms. The van der Waals surface area contributed by atoms with Crippen molar-refractivity contribution in [3.8, 4) is 20.9 Å². The van der Waals surface area contributed by atoms with Crippen LogP contribution in [0.4, 0.5) is 13.2 Å². The second-order valence-corrected chi connectivity index (χ2v) is 14.0. The van der Waals surface area contributed by atoms with Crippen molar-refractivity contribution >= 4 is 96.7 Å². The van der Waals surface area contributed by atoms with E-state index < -0.39 is 11.7 Å². The molecule has 0 amide bonds. The number of halogens is 3. The third-order valence-electron chi connectivity index (χ3n) is 9.54. The zero-order chi connectivity index (χ0) is 29.5. The summed E-state index contributed by atoms with van der Waals surface area (Å²) in [5.41, 5.74) is 2.81. The molecule has 0 unspecified atom stereocenters. The van der Waals surface area contributed by atoms with Gasteiger partial charge in [-0.15, -0.1) is 22.7 Å². The highest BCUT2D eigenvalue weighted by Gasteiger charge is 2.30. The van der Waals surface area contributed by atoms with Gasteiger partial charge in [-0.3, -0.25) is 0 Å². The molecule has 0 aliphatic heterocycles. The Morgan fingerprint density at radius 2 is 0.977 bits per heavy atom. The third-order valence-corrected chi connectivity index (χ3v) is 12.0. The van der Waals surface area contributed by atoms with E-state index in [0.29, 0.717) is 0 Å². The van der Waals surface area contributed by atoms with Crippen molar-refractivity contribution in [1.29, 1.82) is 0 Å². The SMILES string of the molecule is CCc1ccc(-c2cc3c4ccc5cc6c7sc(-c8ccc(C(F)(F)F)cc8)cc7c7ccc8cc(c3s2)c4c5c8c76)cc1. The largest absolute Gasteiger partial charge is 0.416 e. The van der Waals surface area contributed by atoms with E-state index in [1.807, 2.05) is 11.3 Å². The Kier molecular flexibility index (Phi) is 4.75. The molecule has 0 saturated carbocycles. The monoisotopic (exact) mass is 610 g/mol. The topological polar surface area (TPSA) is 0 Å². The number of thiophene rings is 2. The lowest BCUT2D eigenvalue weighted by atomic mass is 9.91. The summed E-state index contributed by atoms with van der Waals surface area (Å²) in [6.07, 6.45) is -3.30. The van der Waals surface area contributed by atoms with Crippen molar-refractivity contribution in [3.63, 3.8) is 0 Å². The van der Waals surface area contributed by atoms with Crippen LogP contribution in [0.2, 0.25) is 0 Å². The number of rotatable bonds is 3. The molecule has 5 heteroatoms. The lowest BCUT2D eigenvalue weighted by molar-refractivity contribution is -0.137. The molecule has 0 aliphatic carbocycles. The third kappa shape index (κ3) is 3.18. The van der Waals surface area contributed by atoms with Crippen molar-refractivity contribution < 1.29 is 13.2 Å². The Hall–Kier alpha value is -4.45. The van der Waals surface area contributed by atoms with E-state index in [1.54, 1.807) is 23.5 Å². The van der Waals surface area contributed by atoms with Crippen molar-refractivity contribution in [3.05, 3.63) is 108 Å². The van der Waals surface area contributed by atoms with Gasteiger partial charge in [-0.1, -0.05) is 67.6 Å². The first kappa shape index (κ1) is 24.9. The van der Waals surface area contributed by atoms with Gasteiger partial charge in [0.25, 0.3) is 0 Å². The zero-order valence-electron chi connectivity index (χ0n) is 23.4. The Morgan fingerprint density at radius 3 is 1.43 bits per heavy atom. The summed E-state index contributed by atoms with van der Waals surface area (Å²) in [4.78, 5) is 2.29. The zero-order valence-corrected chi connectivity index (χ0v) is 25.0. The molecule has 0 nitrogen and oxygen atoms in total. The minimum absolute atomic E-state index is 0.620. The quantitative estimate of drug-likeness (QED) is 0.175. The van der Waals surface area contributed by atoms with Gasteiger partial charge in [0.15, 0.2) is 0 Å². The molecule has 2 heterocycles. The number of alkyl halides is 3. The van der Waals surface area contributed by atoms with Gasteiger partial charge >= 0.3 is 6.18 Å². The molecule has 2 aromatic heterocycles. The normalized spacial score (nSPS) is 13.1. The van der Waals surface area contributed by atoms with E-state index in [-0.39, 0.29) is 0 Å². The number of fused-ring (bicyclic) bond motifs is 6. The van der Waals surface area contributed by atoms with Crippen molar-refractivity contribution in [2.45, 2.75) is 19.5 Å². The molecule has 0 atom stereocenters. The summed E-state index contributed by atoms with van der Waals surface area (Å²) < 4.78 is 42.0. The maximum atomic E-state index is 13.2. The summed E-state index contributed by atoms with van der Waals surface area (Å²) >= 11 is 3.56. The van der Waals surface area contributed by atoms with Crippen LogP contribution in [0.15, 0.2) is 97.1 Å². The molecule has 210 valence electrons. The fourth-order valence-corrected chi connectivity index (χ4v) is 9.83. The number of benzene rings is 6. The minimum Gasteiger partial charge on any atom is -0.166 e. The first-order chi connectivity index (χ1) is 21.4. The molecule has 0 aliphatic rings. The Morgan fingerprint density at radius 1 is 0.500 bits per heavy atom. The van der Waals surface area contributed by atoms with Gasteiger partial charge in [-0.05, 0) is 103 Å². The molecule has 0 saturated heterocycles. The number of hydrogen-bond acceptors (Lipinski definition) is 2. The second-order valence-electron chi connectivity index (χ2n) is 11.9. The molecule has 10 rings (SSSR count). The van der Waals surface area contributed by atoms with Crippen LogP contribution < -0.4 is 0 Å². The maximum absolute atomic E-state index is 13.2. The van der Waals surface area contributed by atoms with Crippen LogP contribution in [0.1, 0.15) is 18.1 Å². The molecule has 0 radical (unpaired) electrons. The fraction of sp³-hybridized carbons (Fsp3) is 0.0769. The molecule has 0 bridgehead atoms. The van der Waals surface area contributed by atoms with Crippen LogP contribution in [0.25, 0.3) is 94.9 Å². The average molecular weight is 611 g/mol. The summed E-state index contributed by atoms with van der Waals surface area (Å²) in [5, 5.41) is 15.4. The summed E-state index contributed by atoms with van der Waals surface area (Å²) in [7, 11) is 0. The molecule has 44 heavy (non-hydrogen) atoms. The smallest absolute Gasteiger partial charge is 0.166 e. The van der Waals surface area contributed by atoms with Gasteiger partial charge in [-0.25, -0.2) is 0 Å². The van der Waals surface area contributed by atoms with Crippen LogP contribution in [0, 0.1) is 0 Å². The first-order valence-corrected chi connectivity index (χ1v) is 16.4. The molecule has 8 aromatic carbocycles. The fourth-order valence-electron chi connectivity index (χ4n) is 7.43. The number of aryl methyl sites for hydroxylation is 1. The van der Waals surface area contributed by atoms with Gasteiger partial charge in [-0.2, -0.15) is 13.2 Å². The van der Waals surface area contributed by atoms with E-state index in [0.717, 1.165) is 16.9 Å². The molecule has 0 fully saturated rings. The van der Waals surface area contributed by atoms with E-state index in [9.17, 15) is 13.2 Å². The van der Waals surface area contributed by atoms with Gasteiger partial charge < -0.3 is 0 Å². The van der Waals surface area contributed by atoms with Crippen molar-refractivity contribution in [2.24, 2.45) is 0 Å². The van der Waals surface area contributed by atoms with E-state index in [4.69, 9.17) is 0 Å². The van der Waals surface area contributed by atoms with Gasteiger partial charge in [0.05, 0.1) is 5.56 Å². The van der Waals surface area contributed by atoms with E-state index >= 15 is 0 Å². The molecular weight excluding hydrogens is 590 g/mol. The number of hydrogen-bond donors (Lipinski definition) is 0. The molecular formula is C39H21F3S2. The lowest BCUT2D eigenvalue weighted by Gasteiger charge is -2.13. The van der Waals surface area contributed by atoms with Gasteiger partial charge in [0.2, 0.25) is 0 Å². The Bertz CT molecular complexity index is 2710. The van der Waals surface area contributed by atoms with Gasteiger partial charge in [0, 0.05) is 40.7 Å². The lowest BCUT2D eigenvalue weighted by Crippen LogP contribution is -2.03. The average Bonchev–Trinajstić information content (AvgIpc) is 3.79. The van der Waals surface area contributed by atoms with Crippen LogP contribution >= 0.6 is 22.7 Å². The van der Waals surface area contributed by atoms with Crippen LogP contribution in [-0.4, -0.2) is 0 Å². The summed E-state index contributed by atoms with van der Waals surface area (Å²) in [6.45, 7) is 2.19. The van der Waals surface area contributed by atoms with E-state index in [2.05, 4.69) is 79.7 Å². The van der Waals surface area contributed by atoms with Crippen molar-refractivity contribution in [2.75, 3.05) is 0 Å². The van der Waals surface area contributed by atoms with Gasteiger partial charge in [0.1, 0.15) is 0 Å². The Labute approximate surface area is 257 Å². The maximum Gasteiger partial charge on any atom is 0.416 e. The van der Waals surface area contributed by atoms with Crippen LogP contribution in [0.3, 0.4) is 0 Å². The second kappa shape index (κ2) is 8.38. The summed E-state index contributed by atoms with van der Waals surface area (Å²) in [5.74, 6) is 0. The minimum atomic E-state index is -4.34. The highest BCUT2D eigenvalue weighted by molar-refractivity contribution is 7.24. The predicted molar refractivity (Wildman–Crippen MR) is 184 cm³/mol. The van der Waals surface area contributed by atoms with Crippen LogP contribution in [-0.2, 0) is 12.6 Å². The predicted octanol–water partition coefficient (Wildman–Crippen LogP) is 13.1. The highest BCUT2D eigenvalue weighted by atomic mass is 32.1. The standard InChI is InChI=1S/C39H21F3S2/c1-2-19-3-5-20(6-4-19)31-17-27-25-13-9-23-16-30-36-26(14-10-22-15-29(37(27)43-31)35(25)33(23)34(22)36)28-18-32(44-38(28)30)21-7-11-24(12-8-21)39(40,41)42/h3-18H,2H2,1H3. The van der Waals surface area contributed by atoms with Crippen LogP contribution in [0.5, 0.6) is 0 Å². The highest BCUT2D eigenvalue weighted by Crippen LogP contribution is 2.53. The van der Waals surface area contributed by atoms with E-state index in [1.165, 1.54) is 102 Å². The summed E-state index contributed by atoms with van der Waals surface area (Å²) in [6, 6.07) is 32.8. The Balaban J connectivity index is 1.21. The first-order valence-electron chi connectivity index (χ1n) is 14.7.